The number of aliphatic carboxylic acids is 1. The molecular formula is C13H18FNO3. The van der Waals surface area contributed by atoms with Crippen molar-refractivity contribution in [3.63, 3.8) is 0 Å². The number of aryl methyl sites for hydroxylation is 1. The van der Waals surface area contributed by atoms with Gasteiger partial charge in [0.1, 0.15) is 23.7 Å². The number of carboxylic acids is 1. The number of carbonyl (C=O) groups is 1. The summed E-state index contributed by atoms with van der Waals surface area (Å²) < 4.78 is 18.6. The highest BCUT2D eigenvalue weighted by Crippen LogP contribution is 2.17. The maximum atomic E-state index is 13.3. The topological polar surface area (TPSA) is 58.6 Å². The van der Waals surface area contributed by atoms with Crippen molar-refractivity contribution in [1.29, 1.82) is 0 Å². The highest BCUT2D eigenvalue weighted by molar-refractivity contribution is 5.78. The first-order valence-electron chi connectivity index (χ1n) is 5.76. The lowest BCUT2D eigenvalue weighted by atomic mass is 10.0. The number of rotatable bonds is 6. The third-order valence-corrected chi connectivity index (χ3v) is 2.71. The minimum Gasteiger partial charge on any atom is -0.491 e. The molecule has 100 valence electrons. The van der Waals surface area contributed by atoms with Crippen molar-refractivity contribution in [3.05, 3.63) is 29.6 Å². The quantitative estimate of drug-likeness (QED) is 0.816. The highest BCUT2D eigenvalue weighted by atomic mass is 19.1. The molecule has 4 nitrogen and oxygen atoms in total. The van der Waals surface area contributed by atoms with Crippen LogP contribution < -0.4 is 10.1 Å². The number of hydrogen-bond donors (Lipinski definition) is 2. The van der Waals surface area contributed by atoms with Crippen LogP contribution in [-0.2, 0) is 4.79 Å². The fourth-order valence-electron chi connectivity index (χ4n) is 1.47. The summed E-state index contributed by atoms with van der Waals surface area (Å²) in [4.78, 5) is 11.1. The Bertz CT molecular complexity index is 436. The maximum absolute atomic E-state index is 13.3. The summed E-state index contributed by atoms with van der Waals surface area (Å²) in [5, 5.41) is 12.0. The molecule has 1 rings (SSSR count). The molecule has 1 atom stereocenters. The summed E-state index contributed by atoms with van der Waals surface area (Å²) in [6.07, 6.45) is 0. The number of hydrogen-bond acceptors (Lipinski definition) is 3. The largest absolute Gasteiger partial charge is 0.491 e. The number of nitrogens with one attached hydrogen (secondary N) is 1. The van der Waals surface area contributed by atoms with Crippen molar-refractivity contribution in [2.75, 3.05) is 13.2 Å². The van der Waals surface area contributed by atoms with Crippen LogP contribution >= 0.6 is 0 Å². The molecule has 0 radical (unpaired) electrons. The van der Waals surface area contributed by atoms with Crippen molar-refractivity contribution < 1.29 is 19.0 Å². The second kappa shape index (κ2) is 5.82. The van der Waals surface area contributed by atoms with Gasteiger partial charge < -0.3 is 9.84 Å². The van der Waals surface area contributed by atoms with Gasteiger partial charge in [-0.05, 0) is 32.0 Å². The van der Waals surface area contributed by atoms with Crippen molar-refractivity contribution in [2.45, 2.75) is 26.3 Å². The molecule has 1 aromatic rings. The first-order chi connectivity index (χ1) is 8.39. The third kappa shape index (κ3) is 3.43. The third-order valence-electron chi connectivity index (χ3n) is 2.71. The minimum absolute atomic E-state index is 0.0708. The van der Waals surface area contributed by atoms with Crippen molar-refractivity contribution in [1.82, 2.24) is 5.32 Å². The standard InChI is InChI=1S/C13H18FNO3/c1-4-15-13(3,12(16)17)8-18-10-6-5-9(2)11(14)7-10/h5-7,15H,4,8H2,1-3H3,(H,16,17). The van der Waals surface area contributed by atoms with Gasteiger partial charge in [-0.2, -0.15) is 0 Å². The van der Waals surface area contributed by atoms with Gasteiger partial charge in [0, 0.05) is 6.07 Å². The predicted molar refractivity (Wildman–Crippen MR) is 66.3 cm³/mol. The number of halogens is 1. The maximum Gasteiger partial charge on any atom is 0.327 e. The summed E-state index contributed by atoms with van der Waals surface area (Å²) in [5.74, 6) is -1.05. The van der Waals surface area contributed by atoms with Gasteiger partial charge in [-0.1, -0.05) is 13.0 Å². The molecule has 0 aliphatic heterocycles. The Kier molecular flexibility index (Phi) is 4.67. The predicted octanol–water partition coefficient (Wildman–Crippen LogP) is 1.97. The summed E-state index contributed by atoms with van der Waals surface area (Å²) in [5.41, 5.74) is -0.661. The number of carboxylic acid groups (broad SMARTS) is 1. The normalized spacial score (nSPS) is 14.0. The Morgan fingerprint density at radius 2 is 2.22 bits per heavy atom. The lowest BCUT2D eigenvalue weighted by Crippen LogP contribution is -2.53. The fraction of sp³-hybridized carbons (Fsp3) is 0.462. The van der Waals surface area contributed by atoms with Crippen LogP contribution in [-0.4, -0.2) is 29.8 Å². The first kappa shape index (κ1) is 14.4. The van der Waals surface area contributed by atoms with Crippen LogP contribution in [0.25, 0.3) is 0 Å². The molecule has 0 fully saturated rings. The molecule has 0 aliphatic rings. The summed E-state index contributed by atoms with van der Waals surface area (Å²) in [6, 6.07) is 4.46. The number of benzene rings is 1. The molecule has 0 saturated carbocycles. The van der Waals surface area contributed by atoms with E-state index in [1.807, 2.05) is 6.92 Å². The van der Waals surface area contributed by atoms with Gasteiger partial charge in [-0.25, -0.2) is 4.39 Å². The molecule has 0 bridgehead atoms. The lowest BCUT2D eigenvalue weighted by Gasteiger charge is -2.25. The smallest absolute Gasteiger partial charge is 0.327 e. The van der Waals surface area contributed by atoms with E-state index in [1.165, 1.54) is 13.0 Å². The molecule has 0 saturated heterocycles. The molecule has 1 aromatic carbocycles. The van der Waals surface area contributed by atoms with Gasteiger partial charge >= 0.3 is 5.97 Å². The Morgan fingerprint density at radius 3 is 2.72 bits per heavy atom. The fourth-order valence-corrected chi connectivity index (χ4v) is 1.47. The molecule has 1 unspecified atom stereocenters. The lowest BCUT2D eigenvalue weighted by molar-refractivity contribution is -0.145. The van der Waals surface area contributed by atoms with E-state index in [-0.39, 0.29) is 12.4 Å². The molecule has 0 aromatic heterocycles. The second-order valence-electron chi connectivity index (χ2n) is 4.37. The van der Waals surface area contributed by atoms with Gasteiger partial charge in [0.25, 0.3) is 0 Å². The van der Waals surface area contributed by atoms with Crippen LogP contribution in [0.2, 0.25) is 0 Å². The van der Waals surface area contributed by atoms with Crippen LogP contribution in [0, 0.1) is 12.7 Å². The molecule has 0 aliphatic carbocycles. The van der Waals surface area contributed by atoms with Crippen LogP contribution in [0.4, 0.5) is 4.39 Å². The van der Waals surface area contributed by atoms with Gasteiger partial charge in [0.2, 0.25) is 0 Å². The Morgan fingerprint density at radius 1 is 1.56 bits per heavy atom. The monoisotopic (exact) mass is 255 g/mol. The van der Waals surface area contributed by atoms with Gasteiger partial charge in [0.05, 0.1) is 0 Å². The zero-order valence-electron chi connectivity index (χ0n) is 10.8. The Hall–Kier alpha value is -1.62. The zero-order chi connectivity index (χ0) is 13.8. The zero-order valence-corrected chi connectivity index (χ0v) is 10.8. The van der Waals surface area contributed by atoms with E-state index in [4.69, 9.17) is 9.84 Å². The summed E-state index contributed by atoms with van der Waals surface area (Å²) in [6.45, 7) is 5.43. The minimum atomic E-state index is -1.18. The van der Waals surface area contributed by atoms with Crippen LogP contribution in [0.5, 0.6) is 5.75 Å². The van der Waals surface area contributed by atoms with Crippen LogP contribution in [0.3, 0.4) is 0 Å². The van der Waals surface area contributed by atoms with E-state index in [9.17, 15) is 9.18 Å². The molecule has 5 heteroatoms. The molecular weight excluding hydrogens is 237 g/mol. The molecule has 2 N–H and O–H groups in total. The van der Waals surface area contributed by atoms with E-state index in [2.05, 4.69) is 5.32 Å². The molecule has 18 heavy (non-hydrogen) atoms. The Labute approximate surface area is 106 Å². The van der Waals surface area contributed by atoms with Crippen LogP contribution in [0.15, 0.2) is 18.2 Å². The van der Waals surface area contributed by atoms with Crippen LogP contribution in [0.1, 0.15) is 19.4 Å². The highest BCUT2D eigenvalue weighted by Gasteiger charge is 2.33. The van der Waals surface area contributed by atoms with E-state index in [1.54, 1.807) is 19.1 Å². The van der Waals surface area contributed by atoms with Gasteiger partial charge in [-0.3, -0.25) is 10.1 Å². The van der Waals surface area contributed by atoms with Crippen molar-refractivity contribution >= 4 is 5.97 Å². The number of likely N-dealkylation sites (N-methyl/N-ethyl adjacent to an activating group) is 1. The molecule has 0 heterocycles. The first-order valence-corrected chi connectivity index (χ1v) is 5.76. The van der Waals surface area contributed by atoms with Crippen molar-refractivity contribution in [2.24, 2.45) is 0 Å². The van der Waals surface area contributed by atoms with Gasteiger partial charge in [0.15, 0.2) is 0 Å². The SMILES string of the molecule is CCNC(C)(COc1ccc(C)c(F)c1)C(=O)O. The summed E-state index contributed by atoms with van der Waals surface area (Å²) >= 11 is 0. The van der Waals surface area contributed by atoms with E-state index in [0.717, 1.165) is 0 Å². The van der Waals surface area contributed by atoms with Gasteiger partial charge in [-0.15, -0.1) is 0 Å². The van der Waals surface area contributed by atoms with E-state index >= 15 is 0 Å². The Balaban J connectivity index is 2.73. The molecule has 0 spiro atoms. The summed E-state index contributed by atoms with van der Waals surface area (Å²) in [7, 11) is 0. The number of ether oxygens (including phenoxy) is 1. The molecule has 0 amide bonds. The van der Waals surface area contributed by atoms with E-state index in [0.29, 0.717) is 17.9 Å². The average molecular weight is 255 g/mol. The average Bonchev–Trinajstić information content (AvgIpc) is 2.31. The van der Waals surface area contributed by atoms with E-state index < -0.39 is 11.5 Å². The van der Waals surface area contributed by atoms with Crippen molar-refractivity contribution in [3.8, 4) is 5.75 Å². The second-order valence-corrected chi connectivity index (χ2v) is 4.37.